The Morgan fingerprint density at radius 1 is 1.68 bits per heavy atom. The summed E-state index contributed by atoms with van der Waals surface area (Å²) in [5, 5.41) is 0. The molecule has 0 spiro atoms. The van der Waals surface area contributed by atoms with Gasteiger partial charge in [0, 0.05) is 13.7 Å². The average molecular weight is 267 g/mol. The van der Waals surface area contributed by atoms with E-state index in [0.29, 0.717) is 23.8 Å². The van der Waals surface area contributed by atoms with Crippen molar-refractivity contribution >= 4 is 5.91 Å². The standard InChI is InChI=1S/C13H21N3O3/c1-18-9-10-3-2-5-16(7-10)8-12-11(4-6-19-12)13(17)15-14/h4,6,10H,2-3,5,7-9,14H2,1H3,(H,15,17). The van der Waals surface area contributed by atoms with Crippen LogP contribution in [0.3, 0.4) is 0 Å². The zero-order chi connectivity index (χ0) is 13.7. The van der Waals surface area contributed by atoms with E-state index in [0.717, 1.165) is 26.1 Å². The van der Waals surface area contributed by atoms with Crippen LogP contribution in [-0.2, 0) is 11.3 Å². The summed E-state index contributed by atoms with van der Waals surface area (Å²) in [4.78, 5) is 13.9. The average Bonchev–Trinajstić information content (AvgIpc) is 2.87. The minimum absolute atomic E-state index is 0.311. The van der Waals surface area contributed by atoms with Gasteiger partial charge in [0.15, 0.2) is 0 Å². The Kier molecular flexibility index (Phi) is 4.95. The molecular weight excluding hydrogens is 246 g/mol. The first-order valence-electron chi connectivity index (χ1n) is 6.53. The van der Waals surface area contributed by atoms with E-state index in [2.05, 4.69) is 10.3 Å². The highest BCUT2D eigenvalue weighted by atomic mass is 16.5. The van der Waals surface area contributed by atoms with Gasteiger partial charge in [-0.25, -0.2) is 5.84 Å². The molecule has 1 aromatic rings. The molecule has 1 aliphatic rings. The number of amides is 1. The van der Waals surface area contributed by atoms with Crippen LogP contribution >= 0.6 is 0 Å². The molecule has 0 aliphatic carbocycles. The lowest BCUT2D eigenvalue weighted by molar-refractivity contribution is 0.0830. The molecule has 106 valence electrons. The van der Waals surface area contributed by atoms with E-state index in [1.165, 1.54) is 12.7 Å². The lowest BCUT2D eigenvalue weighted by Gasteiger charge is -2.31. The number of hydrazine groups is 1. The molecule has 1 aliphatic heterocycles. The first-order chi connectivity index (χ1) is 9.24. The van der Waals surface area contributed by atoms with Crippen LogP contribution in [0.25, 0.3) is 0 Å². The van der Waals surface area contributed by atoms with Crippen LogP contribution in [0.2, 0.25) is 0 Å². The van der Waals surface area contributed by atoms with Crippen LogP contribution in [0, 0.1) is 5.92 Å². The molecule has 3 N–H and O–H groups in total. The summed E-state index contributed by atoms with van der Waals surface area (Å²) in [7, 11) is 1.73. The molecule has 1 amide bonds. The minimum Gasteiger partial charge on any atom is -0.467 e. The van der Waals surface area contributed by atoms with E-state index < -0.39 is 0 Å². The molecular formula is C13H21N3O3. The smallest absolute Gasteiger partial charge is 0.268 e. The Bertz CT molecular complexity index is 417. The Hall–Kier alpha value is -1.37. The van der Waals surface area contributed by atoms with Crippen molar-refractivity contribution in [3.63, 3.8) is 0 Å². The third-order valence-electron chi connectivity index (χ3n) is 3.49. The van der Waals surface area contributed by atoms with Gasteiger partial charge in [-0.2, -0.15) is 0 Å². The van der Waals surface area contributed by atoms with Crippen molar-refractivity contribution in [1.82, 2.24) is 10.3 Å². The number of nitrogens with two attached hydrogens (primary N) is 1. The molecule has 0 bridgehead atoms. The number of methoxy groups -OCH3 is 1. The number of furan rings is 1. The number of carbonyl (C=O) groups excluding carboxylic acids is 1. The maximum absolute atomic E-state index is 11.6. The highest BCUT2D eigenvalue weighted by molar-refractivity contribution is 5.94. The van der Waals surface area contributed by atoms with Gasteiger partial charge >= 0.3 is 0 Å². The summed E-state index contributed by atoms with van der Waals surface area (Å²) in [5.41, 5.74) is 2.65. The fourth-order valence-corrected chi connectivity index (χ4v) is 2.61. The normalized spacial score (nSPS) is 20.4. The zero-order valence-electron chi connectivity index (χ0n) is 11.2. The second kappa shape index (κ2) is 6.70. The maximum Gasteiger partial charge on any atom is 0.268 e. The molecule has 6 nitrogen and oxygen atoms in total. The Labute approximate surface area is 112 Å². The quantitative estimate of drug-likeness (QED) is 0.467. The van der Waals surface area contributed by atoms with Crippen molar-refractivity contribution in [3.8, 4) is 0 Å². The number of hydrogen-bond donors (Lipinski definition) is 2. The van der Waals surface area contributed by atoms with Crippen LogP contribution in [0.15, 0.2) is 16.7 Å². The molecule has 1 unspecified atom stereocenters. The van der Waals surface area contributed by atoms with E-state index in [1.807, 2.05) is 0 Å². The molecule has 2 rings (SSSR count). The summed E-state index contributed by atoms with van der Waals surface area (Å²) in [5.74, 6) is 6.07. The van der Waals surface area contributed by atoms with Crippen molar-refractivity contribution < 1.29 is 13.9 Å². The number of carbonyl (C=O) groups is 1. The van der Waals surface area contributed by atoms with Gasteiger partial charge in [0.1, 0.15) is 5.76 Å². The summed E-state index contributed by atoms with van der Waals surface area (Å²) < 4.78 is 10.6. The number of nitrogens with zero attached hydrogens (tertiary/aromatic N) is 1. The number of ether oxygens (including phenoxy) is 1. The number of piperidine rings is 1. The van der Waals surface area contributed by atoms with E-state index in [4.69, 9.17) is 15.0 Å². The van der Waals surface area contributed by atoms with Gasteiger partial charge in [-0.1, -0.05) is 0 Å². The van der Waals surface area contributed by atoms with E-state index in [-0.39, 0.29) is 5.91 Å². The molecule has 1 atom stereocenters. The predicted molar refractivity (Wildman–Crippen MR) is 70.2 cm³/mol. The first-order valence-corrected chi connectivity index (χ1v) is 6.53. The van der Waals surface area contributed by atoms with E-state index >= 15 is 0 Å². The molecule has 6 heteroatoms. The van der Waals surface area contributed by atoms with Gasteiger partial charge in [0.25, 0.3) is 5.91 Å². The zero-order valence-corrected chi connectivity index (χ0v) is 11.2. The van der Waals surface area contributed by atoms with Gasteiger partial charge < -0.3 is 9.15 Å². The number of hydrogen-bond acceptors (Lipinski definition) is 5. The van der Waals surface area contributed by atoms with E-state index in [1.54, 1.807) is 13.2 Å². The highest BCUT2D eigenvalue weighted by Gasteiger charge is 2.22. The monoisotopic (exact) mass is 267 g/mol. The molecule has 0 radical (unpaired) electrons. The molecule has 1 aromatic heterocycles. The Morgan fingerprint density at radius 2 is 2.53 bits per heavy atom. The van der Waals surface area contributed by atoms with Crippen molar-refractivity contribution in [2.24, 2.45) is 11.8 Å². The summed E-state index contributed by atoms with van der Waals surface area (Å²) in [6, 6.07) is 1.65. The van der Waals surface area contributed by atoms with Crippen LogP contribution in [0.1, 0.15) is 29.0 Å². The third-order valence-corrected chi connectivity index (χ3v) is 3.49. The van der Waals surface area contributed by atoms with Gasteiger partial charge in [-0.3, -0.25) is 15.1 Å². The molecule has 2 heterocycles. The minimum atomic E-state index is -0.311. The maximum atomic E-state index is 11.6. The SMILES string of the molecule is COCC1CCCN(Cc2occc2C(=O)NN)C1. The third kappa shape index (κ3) is 3.56. The molecule has 0 saturated carbocycles. The fraction of sp³-hybridized carbons (Fsp3) is 0.615. The van der Waals surface area contributed by atoms with Crippen LogP contribution in [0.4, 0.5) is 0 Å². The van der Waals surface area contributed by atoms with Crippen molar-refractivity contribution in [2.75, 3.05) is 26.8 Å². The topological polar surface area (TPSA) is 80.7 Å². The summed E-state index contributed by atoms with van der Waals surface area (Å²) in [6.45, 7) is 3.41. The van der Waals surface area contributed by atoms with Gasteiger partial charge in [-0.15, -0.1) is 0 Å². The first kappa shape index (κ1) is 14.0. The van der Waals surface area contributed by atoms with Crippen molar-refractivity contribution in [3.05, 3.63) is 23.7 Å². The lowest BCUT2D eigenvalue weighted by Crippen LogP contribution is -2.37. The second-order valence-electron chi connectivity index (χ2n) is 4.93. The Morgan fingerprint density at radius 3 is 3.26 bits per heavy atom. The predicted octanol–water partition coefficient (Wildman–Crippen LogP) is 0.742. The van der Waals surface area contributed by atoms with Crippen molar-refractivity contribution in [1.29, 1.82) is 0 Å². The van der Waals surface area contributed by atoms with Gasteiger partial charge in [-0.05, 0) is 31.4 Å². The summed E-state index contributed by atoms with van der Waals surface area (Å²) in [6.07, 6.45) is 3.86. The number of rotatable bonds is 5. The van der Waals surface area contributed by atoms with Crippen LogP contribution < -0.4 is 11.3 Å². The molecule has 1 saturated heterocycles. The highest BCUT2D eigenvalue weighted by Crippen LogP contribution is 2.20. The van der Waals surface area contributed by atoms with Gasteiger partial charge in [0.05, 0.1) is 25.0 Å². The van der Waals surface area contributed by atoms with Crippen LogP contribution in [0.5, 0.6) is 0 Å². The van der Waals surface area contributed by atoms with Gasteiger partial charge in [0.2, 0.25) is 0 Å². The number of nitrogens with one attached hydrogen (secondary N) is 1. The fourth-order valence-electron chi connectivity index (χ4n) is 2.61. The summed E-state index contributed by atoms with van der Waals surface area (Å²) >= 11 is 0. The van der Waals surface area contributed by atoms with E-state index in [9.17, 15) is 4.79 Å². The van der Waals surface area contributed by atoms with Crippen molar-refractivity contribution in [2.45, 2.75) is 19.4 Å². The van der Waals surface area contributed by atoms with Crippen LogP contribution in [-0.4, -0.2) is 37.6 Å². The lowest BCUT2D eigenvalue weighted by atomic mass is 9.99. The number of likely N-dealkylation sites (tertiary alicyclic amines) is 1. The largest absolute Gasteiger partial charge is 0.467 e. The molecule has 1 fully saturated rings. The molecule has 19 heavy (non-hydrogen) atoms. The second-order valence-corrected chi connectivity index (χ2v) is 4.93. The molecule has 0 aromatic carbocycles. The number of nitrogen functional groups attached to an aromatic ring is 1. The Balaban J connectivity index is 1.97.